The van der Waals surface area contributed by atoms with Crippen molar-refractivity contribution in [1.82, 2.24) is 4.98 Å². The number of H-pyrrole nitrogens is 1. The largest absolute Gasteiger partial charge is 0.366 e. The molecule has 0 aliphatic heterocycles. The Hall–Kier alpha value is -2.44. The summed E-state index contributed by atoms with van der Waals surface area (Å²) in [5.41, 5.74) is 3.78. The molecule has 3 N–H and O–H groups in total. The monoisotopic (exact) mass is 209 g/mol. The summed E-state index contributed by atoms with van der Waals surface area (Å²) in [6.45, 7) is 0. The molecule has 1 amide bonds. The lowest BCUT2D eigenvalue weighted by atomic mass is 10.2. The molecule has 78 valence electrons. The highest BCUT2D eigenvalue weighted by Crippen LogP contribution is 2.07. The van der Waals surface area contributed by atoms with Crippen molar-refractivity contribution in [3.63, 3.8) is 0 Å². The van der Waals surface area contributed by atoms with Gasteiger partial charge in [-0.25, -0.2) is 0 Å². The van der Waals surface area contributed by atoms with E-state index in [1.165, 1.54) is 12.3 Å². The molecule has 0 unspecified atom stereocenters. The summed E-state index contributed by atoms with van der Waals surface area (Å²) in [7, 11) is 0. The predicted molar refractivity (Wildman–Crippen MR) is 51.9 cm³/mol. The Kier molecular flexibility index (Phi) is 2.97. The molecule has 0 radical (unpaired) electrons. The van der Waals surface area contributed by atoms with Crippen LogP contribution in [0.5, 0.6) is 0 Å². The number of carbonyl (C=O) groups is 1. The summed E-state index contributed by atoms with van der Waals surface area (Å²) in [5.74, 6) is -0.677. The van der Waals surface area contributed by atoms with Crippen molar-refractivity contribution in [2.45, 2.75) is 0 Å². The second-order valence-electron chi connectivity index (χ2n) is 2.64. The molecule has 7 nitrogen and oxygen atoms in total. The van der Waals surface area contributed by atoms with Gasteiger partial charge in [-0.05, 0) is 11.6 Å². The number of aromatic nitrogens is 1. The van der Waals surface area contributed by atoms with Crippen LogP contribution in [0.4, 0.5) is 5.69 Å². The van der Waals surface area contributed by atoms with E-state index in [2.05, 4.69) is 4.98 Å². The fourth-order valence-corrected chi connectivity index (χ4v) is 0.898. The van der Waals surface area contributed by atoms with E-state index < -0.39 is 22.1 Å². The van der Waals surface area contributed by atoms with E-state index in [-0.39, 0.29) is 0 Å². The van der Waals surface area contributed by atoms with Crippen LogP contribution in [0.2, 0.25) is 0 Å². The molecule has 0 fully saturated rings. The summed E-state index contributed by atoms with van der Waals surface area (Å²) in [6.07, 6.45) is 3.55. The van der Waals surface area contributed by atoms with Gasteiger partial charge in [-0.15, -0.1) is 0 Å². The Bertz CT molecular complexity index is 489. The first-order chi connectivity index (χ1) is 7.00. The lowest BCUT2D eigenvalue weighted by molar-refractivity contribution is -0.386. The van der Waals surface area contributed by atoms with Crippen molar-refractivity contribution in [2.75, 3.05) is 0 Å². The highest BCUT2D eigenvalue weighted by molar-refractivity contribution is 5.90. The Labute approximate surface area is 83.4 Å². The van der Waals surface area contributed by atoms with Gasteiger partial charge in [-0.1, -0.05) is 0 Å². The Morgan fingerprint density at radius 2 is 2.27 bits per heavy atom. The summed E-state index contributed by atoms with van der Waals surface area (Å²) in [6, 6.07) is 1.05. The molecule has 0 bridgehead atoms. The van der Waals surface area contributed by atoms with E-state index >= 15 is 0 Å². The van der Waals surface area contributed by atoms with Crippen molar-refractivity contribution < 1.29 is 9.72 Å². The zero-order chi connectivity index (χ0) is 11.4. The third-order valence-electron chi connectivity index (χ3n) is 1.54. The highest BCUT2D eigenvalue weighted by atomic mass is 16.6. The first-order valence-corrected chi connectivity index (χ1v) is 3.85. The number of rotatable bonds is 3. The van der Waals surface area contributed by atoms with Crippen LogP contribution in [0.15, 0.2) is 23.1 Å². The van der Waals surface area contributed by atoms with Crippen LogP contribution >= 0.6 is 0 Å². The molecule has 0 aliphatic carbocycles. The van der Waals surface area contributed by atoms with Crippen molar-refractivity contribution in [3.8, 4) is 0 Å². The maximum atomic E-state index is 10.9. The highest BCUT2D eigenvalue weighted by Gasteiger charge is 2.11. The van der Waals surface area contributed by atoms with E-state index in [0.717, 1.165) is 12.1 Å². The molecule has 0 aliphatic rings. The SMILES string of the molecule is NC(=O)C=Cc1c[nH]c(=O)c([N+](=O)[O-])c1. The van der Waals surface area contributed by atoms with Gasteiger partial charge in [0.15, 0.2) is 0 Å². The maximum Gasteiger partial charge on any atom is 0.334 e. The Morgan fingerprint density at radius 3 is 2.80 bits per heavy atom. The topological polar surface area (TPSA) is 119 Å². The van der Waals surface area contributed by atoms with Crippen LogP contribution in [-0.4, -0.2) is 15.8 Å². The minimum Gasteiger partial charge on any atom is -0.366 e. The molecule has 1 aromatic rings. The number of hydrogen-bond donors (Lipinski definition) is 2. The quantitative estimate of drug-likeness (QED) is 0.406. The lowest BCUT2D eigenvalue weighted by Crippen LogP contribution is -2.11. The average Bonchev–Trinajstić information content (AvgIpc) is 2.16. The van der Waals surface area contributed by atoms with Gasteiger partial charge in [0.2, 0.25) is 5.91 Å². The molecule has 1 heterocycles. The number of nitrogens with two attached hydrogens (primary N) is 1. The standard InChI is InChI=1S/C8H7N3O4/c9-7(12)2-1-5-3-6(11(14)15)8(13)10-4-5/h1-4H,(H2,9,12)(H,10,13). The number of nitrogens with one attached hydrogen (secondary N) is 1. The molecule has 7 heteroatoms. The number of primary amides is 1. The summed E-state index contributed by atoms with van der Waals surface area (Å²) in [4.78, 5) is 33.1. The second kappa shape index (κ2) is 4.18. The fourth-order valence-electron chi connectivity index (χ4n) is 0.898. The third-order valence-corrected chi connectivity index (χ3v) is 1.54. The number of amides is 1. The number of nitro groups is 1. The van der Waals surface area contributed by atoms with Gasteiger partial charge in [0.1, 0.15) is 0 Å². The maximum absolute atomic E-state index is 10.9. The van der Waals surface area contributed by atoms with Gasteiger partial charge in [0.05, 0.1) is 4.92 Å². The molecular weight excluding hydrogens is 202 g/mol. The lowest BCUT2D eigenvalue weighted by Gasteiger charge is -1.92. The first-order valence-electron chi connectivity index (χ1n) is 3.85. The van der Waals surface area contributed by atoms with Crippen LogP contribution in [0.25, 0.3) is 6.08 Å². The number of pyridine rings is 1. The first kappa shape index (κ1) is 10.6. The van der Waals surface area contributed by atoms with E-state index in [1.807, 2.05) is 0 Å². The molecular formula is C8H7N3O4. The van der Waals surface area contributed by atoms with Crippen LogP contribution in [0.3, 0.4) is 0 Å². The van der Waals surface area contributed by atoms with Crippen LogP contribution < -0.4 is 11.3 Å². The average molecular weight is 209 g/mol. The van der Waals surface area contributed by atoms with Crippen LogP contribution in [0.1, 0.15) is 5.56 Å². The van der Waals surface area contributed by atoms with Crippen molar-refractivity contribution in [1.29, 1.82) is 0 Å². The third kappa shape index (κ3) is 2.76. The normalized spacial score (nSPS) is 10.4. The summed E-state index contributed by atoms with van der Waals surface area (Å²) < 4.78 is 0. The number of hydrogen-bond acceptors (Lipinski definition) is 4. The van der Waals surface area contributed by atoms with Gasteiger partial charge >= 0.3 is 11.2 Å². The molecule has 0 saturated heterocycles. The van der Waals surface area contributed by atoms with E-state index in [9.17, 15) is 19.7 Å². The minimum atomic E-state index is -0.805. The molecule has 0 spiro atoms. The molecule has 0 saturated carbocycles. The number of carbonyl (C=O) groups excluding carboxylic acids is 1. The molecule has 1 rings (SSSR count). The second-order valence-corrected chi connectivity index (χ2v) is 2.64. The van der Waals surface area contributed by atoms with Gasteiger partial charge < -0.3 is 10.7 Å². The number of nitrogens with zero attached hydrogens (tertiary/aromatic N) is 1. The van der Waals surface area contributed by atoms with Crippen molar-refractivity contribution in [3.05, 3.63) is 44.4 Å². The molecule has 0 atom stereocenters. The van der Waals surface area contributed by atoms with E-state index in [4.69, 9.17) is 5.73 Å². The zero-order valence-electron chi connectivity index (χ0n) is 7.47. The van der Waals surface area contributed by atoms with Crippen molar-refractivity contribution in [2.24, 2.45) is 5.73 Å². The molecule has 15 heavy (non-hydrogen) atoms. The van der Waals surface area contributed by atoms with Gasteiger partial charge in [-0.2, -0.15) is 0 Å². The van der Waals surface area contributed by atoms with Gasteiger partial charge in [-0.3, -0.25) is 19.7 Å². The van der Waals surface area contributed by atoms with Crippen LogP contribution in [-0.2, 0) is 4.79 Å². The summed E-state index contributed by atoms with van der Waals surface area (Å²) in [5, 5.41) is 10.4. The van der Waals surface area contributed by atoms with Gasteiger partial charge in [0.25, 0.3) is 0 Å². The van der Waals surface area contributed by atoms with Gasteiger partial charge in [0, 0.05) is 18.3 Å². The Balaban J connectivity index is 3.14. The molecule has 1 aromatic heterocycles. The van der Waals surface area contributed by atoms with Crippen LogP contribution in [0, 0.1) is 10.1 Å². The number of aromatic amines is 1. The minimum absolute atomic E-state index is 0.320. The summed E-state index contributed by atoms with van der Waals surface area (Å²) >= 11 is 0. The molecule has 0 aromatic carbocycles. The fraction of sp³-hybridized carbons (Fsp3) is 0. The zero-order valence-corrected chi connectivity index (χ0v) is 7.47. The Morgan fingerprint density at radius 1 is 1.60 bits per heavy atom. The predicted octanol–water partition coefficient (Wildman–Crippen LogP) is -0.218. The smallest absolute Gasteiger partial charge is 0.334 e. The van der Waals surface area contributed by atoms with E-state index in [0.29, 0.717) is 5.56 Å². The van der Waals surface area contributed by atoms with E-state index in [1.54, 1.807) is 0 Å². The van der Waals surface area contributed by atoms with Crippen molar-refractivity contribution >= 4 is 17.7 Å².